The highest BCUT2D eigenvalue weighted by Crippen LogP contribution is 2.39. The van der Waals surface area contributed by atoms with Crippen molar-refractivity contribution >= 4 is 21.6 Å². The van der Waals surface area contributed by atoms with Crippen LogP contribution in [0.15, 0.2) is 53.4 Å². The molecular formula is C22H20F6N2O5S. The molecular weight excluding hydrogens is 518 g/mol. The minimum atomic E-state index is -5.09. The number of carbonyl (C=O) groups is 1. The lowest BCUT2D eigenvalue weighted by atomic mass is 9.87. The van der Waals surface area contributed by atoms with E-state index in [2.05, 4.69) is 9.47 Å². The second-order valence-electron chi connectivity index (χ2n) is 8.36. The number of anilines is 1. The van der Waals surface area contributed by atoms with Gasteiger partial charge in [-0.25, -0.2) is 8.42 Å². The summed E-state index contributed by atoms with van der Waals surface area (Å²) < 4.78 is 111. The van der Waals surface area contributed by atoms with E-state index >= 15 is 0 Å². The minimum Gasteiger partial charge on any atom is -0.484 e. The van der Waals surface area contributed by atoms with Crippen LogP contribution in [0.25, 0.3) is 0 Å². The lowest BCUT2D eigenvalue weighted by molar-refractivity contribution is -0.275. The Hall–Kier alpha value is -3.00. The molecule has 0 N–H and O–H groups in total. The third kappa shape index (κ3) is 5.69. The Morgan fingerprint density at radius 2 is 1.61 bits per heavy atom. The zero-order chi connectivity index (χ0) is 26.3. The van der Waals surface area contributed by atoms with E-state index in [9.17, 15) is 39.6 Å². The maximum absolute atomic E-state index is 13.2. The molecule has 0 saturated carbocycles. The van der Waals surface area contributed by atoms with Crippen LogP contribution in [0.5, 0.6) is 11.5 Å². The molecule has 2 aliphatic rings. The molecule has 2 saturated heterocycles. The van der Waals surface area contributed by atoms with E-state index in [0.717, 1.165) is 16.4 Å². The Bertz CT molecular complexity index is 1220. The van der Waals surface area contributed by atoms with E-state index in [4.69, 9.17) is 0 Å². The zero-order valence-electron chi connectivity index (χ0n) is 18.4. The average Bonchev–Trinajstić information content (AvgIpc) is 3.23. The first-order chi connectivity index (χ1) is 16.7. The monoisotopic (exact) mass is 538 g/mol. The number of piperidine rings is 1. The number of halogens is 6. The number of amides is 1. The van der Waals surface area contributed by atoms with Crippen molar-refractivity contribution in [2.24, 2.45) is 11.8 Å². The summed E-state index contributed by atoms with van der Waals surface area (Å²) in [5.74, 6) is -2.34. The molecule has 2 aromatic rings. The number of fused-ring (bicyclic) bond motifs is 1. The predicted octanol–water partition coefficient (Wildman–Crippen LogP) is 4.20. The molecule has 7 nitrogen and oxygen atoms in total. The van der Waals surface area contributed by atoms with Crippen molar-refractivity contribution in [3.63, 3.8) is 0 Å². The first-order valence-corrected chi connectivity index (χ1v) is 12.1. The van der Waals surface area contributed by atoms with E-state index in [1.807, 2.05) is 0 Å². The van der Waals surface area contributed by atoms with Gasteiger partial charge in [0, 0.05) is 25.3 Å². The Morgan fingerprint density at radius 3 is 2.25 bits per heavy atom. The van der Waals surface area contributed by atoms with Gasteiger partial charge in [0.2, 0.25) is 15.9 Å². The van der Waals surface area contributed by atoms with Crippen molar-refractivity contribution in [1.82, 2.24) is 4.31 Å². The molecule has 2 aliphatic heterocycles. The topological polar surface area (TPSA) is 76.2 Å². The molecule has 2 atom stereocenters. The highest BCUT2D eigenvalue weighted by atomic mass is 32.2. The van der Waals surface area contributed by atoms with Gasteiger partial charge in [0.15, 0.2) is 6.61 Å². The number of alkyl halides is 6. The molecule has 0 aliphatic carbocycles. The SMILES string of the molecule is O=C1C2CN(S(=O)(=O)c3ccccc3OC(F)(F)F)CC2CCN1c1ccc(OCC(F)(F)F)cc1. The fourth-order valence-electron chi connectivity index (χ4n) is 4.36. The lowest BCUT2D eigenvalue weighted by Crippen LogP contribution is -2.45. The van der Waals surface area contributed by atoms with Crippen molar-refractivity contribution in [2.45, 2.75) is 23.9 Å². The Labute approximate surface area is 202 Å². The van der Waals surface area contributed by atoms with Crippen LogP contribution in [-0.4, -0.2) is 57.4 Å². The molecule has 2 fully saturated rings. The summed E-state index contributed by atoms with van der Waals surface area (Å²) in [6.07, 6.45) is -9.16. The molecule has 0 spiro atoms. The van der Waals surface area contributed by atoms with Gasteiger partial charge in [0.05, 0.1) is 5.92 Å². The Balaban J connectivity index is 1.48. The van der Waals surface area contributed by atoms with Gasteiger partial charge in [-0.1, -0.05) is 12.1 Å². The molecule has 14 heteroatoms. The third-order valence-corrected chi connectivity index (χ3v) is 7.83. The van der Waals surface area contributed by atoms with E-state index in [-0.39, 0.29) is 37.2 Å². The number of nitrogens with zero attached hydrogens (tertiary/aromatic N) is 2. The maximum atomic E-state index is 13.2. The third-order valence-electron chi connectivity index (χ3n) is 5.96. The van der Waals surface area contributed by atoms with Gasteiger partial charge >= 0.3 is 12.5 Å². The summed E-state index contributed by atoms with van der Waals surface area (Å²) >= 11 is 0. The second kappa shape index (κ2) is 9.47. The van der Waals surface area contributed by atoms with E-state index in [1.165, 1.54) is 41.3 Å². The second-order valence-corrected chi connectivity index (χ2v) is 10.3. The summed E-state index contributed by atoms with van der Waals surface area (Å²) in [5.41, 5.74) is 0.406. The number of ether oxygens (including phenoxy) is 2. The lowest BCUT2D eigenvalue weighted by Gasteiger charge is -2.33. The van der Waals surface area contributed by atoms with E-state index in [1.54, 1.807) is 0 Å². The molecule has 0 radical (unpaired) electrons. The summed E-state index contributed by atoms with van der Waals surface area (Å²) in [6, 6.07) is 9.84. The highest BCUT2D eigenvalue weighted by molar-refractivity contribution is 7.89. The van der Waals surface area contributed by atoms with Gasteiger partial charge in [-0.3, -0.25) is 4.79 Å². The Morgan fingerprint density at radius 1 is 0.944 bits per heavy atom. The van der Waals surface area contributed by atoms with Gasteiger partial charge in [0.25, 0.3) is 0 Å². The summed E-state index contributed by atoms with van der Waals surface area (Å²) in [7, 11) is -4.40. The van der Waals surface area contributed by atoms with Crippen molar-refractivity contribution in [3.05, 3.63) is 48.5 Å². The number of benzene rings is 2. The Kier molecular flexibility index (Phi) is 6.86. The quantitative estimate of drug-likeness (QED) is 0.516. The molecule has 2 aromatic carbocycles. The fraction of sp³-hybridized carbons (Fsp3) is 0.409. The van der Waals surface area contributed by atoms with E-state index < -0.39 is 45.7 Å². The van der Waals surface area contributed by atoms with Crippen LogP contribution in [0.3, 0.4) is 0 Å². The molecule has 196 valence electrons. The number of sulfonamides is 1. The largest absolute Gasteiger partial charge is 0.573 e. The zero-order valence-corrected chi connectivity index (χ0v) is 19.2. The van der Waals surface area contributed by atoms with Crippen molar-refractivity contribution in [1.29, 1.82) is 0 Å². The summed E-state index contributed by atoms with van der Waals surface area (Å²) in [4.78, 5) is 13.9. The molecule has 2 unspecified atom stereocenters. The van der Waals surface area contributed by atoms with Crippen LogP contribution in [0.4, 0.5) is 32.0 Å². The summed E-state index contributed by atoms with van der Waals surface area (Å²) in [6.45, 7) is -1.49. The van der Waals surface area contributed by atoms with Crippen molar-refractivity contribution < 1.29 is 49.0 Å². The first kappa shape index (κ1) is 26.1. The van der Waals surface area contributed by atoms with Gasteiger partial charge in [0.1, 0.15) is 16.4 Å². The molecule has 0 aromatic heterocycles. The van der Waals surface area contributed by atoms with Gasteiger partial charge in [-0.15, -0.1) is 13.2 Å². The van der Waals surface area contributed by atoms with Crippen molar-refractivity contribution in [2.75, 3.05) is 31.1 Å². The average molecular weight is 538 g/mol. The van der Waals surface area contributed by atoms with Crippen LogP contribution in [0.2, 0.25) is 0 Å². The molecule has 36 heavy (non-hydrogen) atoms. The smallest absolute Gasteiger partial charge is 0.484 e. The van der Waals surface area contributed by atoms with Gasteiger partial charge < -0.3 is 14.4 Å². The van der Waals surface area contributed by atoms with Crippen LogP contribution in [0, 0.1) is 11.8 Å². The normalized spacial score (nSPS) is 21.4. The number of para-hydroxylation sites is 1. The van der Waals surface area contributed by atoms with Crippen molar-refractivity contribution in [3.8, 4) is 11.5 Å². The molecule has 4 rings (SSSR count). The molecule has 0 bridgehead atoms. The van der Waals surface area contributed by atoms with Crippen LogP contribution < -0.4 is 14.4 Å². The van der Waals surface area contributed by atoms with Gasteiger partial charge in [-0.2, -0.15) is 17.5 Å². The fourth-order valence-corrected chi connectivity index (χ4v) is 6.00. The summed E-state index contributed by atoms with van der Waals surface area (Å²) in [5, 5.41) is 0. The highest BCUT2D eigenvalue weighted by Gasteiger charge is 2.47. The maximum Gasteiger partial charge on any atom is 0.573 e. The number of rotatable bonds is 6. The molecule has 1 amide bonds. The van der Waals surface area contributed by atoms with Crippen LogP contribution in [-0.2, 0) is 14.8 Å². The standard InChI is InChI=1S/C22H20F6N2O5S/c23-21(24,25)13-34-16-7-5-15(6-8-16)30-10-9-14-11-29(12-17(14)20(30)31)36(32,33)19-4-2-1-3-18(19)35-22(26,27)28/h1-8,14,17H,9-13H2. The first-order valence-electron chi connectivity index (χ1n) is 10.7. The van der Waals surface area contributed by atoms with E-state index in [0.29, 0.717) is 12.1 Å². The van der Waals surface area contributed by atoms with Crippen LogP contribution >= 0.6 is 0 Å². The number of hydrogen-bond acceptors (Lipinski definition) is 5. The molecule has 2 heterocycles. The minimum absolute atomic E-state index is 0.0312. The predicted molar refractivity (Wildman–Crippen MR) is 114 cm³/mol. The van der Waals surface area contributed by atoms with Crippen LogP contribution in [0.1, 0.15) is 6.42 Å². The van der Waals surface area contributed by atoms with Gasteiger partial charge in [-0.05, 0) is 48.7 Å². The number of hydrogen-bond donors (Lipinski definition) is 0. The number of carbonyl (C=O) groups excluding carboxylic acids is 1.